The number of nitrogens with zero attached hydrogens (tertiary/aromatic N) is 3. The lowest BCUT2D eigenvalue weighted by atomic mass is 10.1. The van der Waals surface area contributed by atoms with Crippen LogP contribution < -0.4 is 15.5 Å². The molecule has 2 aliphatic rings. The fourth-order valence-electron chi connectivity index (χ4n) is 4.55. The second kappa shape index (κ2) is 10.6. The Kier molecular flexibility index (Phi) is 7.43. The van der Waals surface area contributed by atoms with Gasteiger partial charge in [0.2, 0.25) is 0 Å². The number of fused-ring (bicyclic) bond motifs is 1. The number of guanidine groups is 1. The number of hydrogen-bond donors (Lipinski definition) is 2. The van der Waals surface area contributed by atoms with Crippen molar-refractivity contribution < 1.29 is 4.74 Å². The summed E-state index contributed by atoms with van der Waals surface area (Å²) in [6, 6.07) is 18.0. The highest BCUT2D eigenvalue weighted by Gasteiger charge is 2.24. The lowest BCUT2D eigenvalue weighted by molar-refractivity contribution is 0.0341. The molecule has 1 fully saturated rings. The highest BCUT2D eigenvalue weighted by atomic mass is 16.5. The minimum atomic E-state index is 0.543. The quantitative estimate of drug-likeness (QED) is 0.532. The topological polar surface area (TPSA) is 52.1 Å². The molecule has 2 heterocycles. The molecule has 0 amide bonds. The molecule has 2 aromatic rings. The minimum Gasteiger partial charge on any atom is -0.379 e. The molecule has 1 atom stereocenters. The van der Waals surface area contributed by atoms with Crippen molar-refractivity contribution in [1.82, 2.24) is 15.5 Å². The second-order valence-electron chi connectivity index (χ2n) is 8.39. The van der Waals surface area contributed by atoms with E-state index in [2.05, 4.69) is 80.9 Å². The maximum Gasteiger partial charge on any atom is 0.191 e. The summed E-state index contributed by atoms with van der Waals surface area (Å²) in [6.07, 6.45) is 1.13. The van der Waals surface area contributed by atoms with Crippen LogP contribution in [0.2, 0.25) is 0 Å². The zero-order valence-corrected chi connectivity index (χ0v) is 18.8. The highest BCUT2D eigenvalue weighted by Crippen LogP contribution is 2.31. The van der Waals surface area contributed by atoms with Crippen LogP contribution in [0, 0.1) is 0 Å². The fourth-order valence-corrected chi connectivity index (χ4v) is 4.55. The van der Waals surface area contributed by atoms with Gasteiger partial charge in [0.05, 0.1) is 13.2 Å². The summed E-state index contributed by atoms with van der Waals surface area (Å²) in [5, 5.41) is 6.99. The van der Waals surface area contributed by atoms with Crippen LogP contribution in [0.5, 0.6) is 0 Å². The molecule has 1 saturated heterocycles. The average molecular weight is 422 g/mol. The van der Waals surface area contributed by atoms with Gasteiger partial charge in [0, 0.05) is 58.0 Å². The number of aliphatic imine (C=N–C) groups is 1. The van der Waals surface area contributed by atoms with E-state index in [0.29, 0.717) is 6.04 Å². The molecule has 0 aliphatic carbocycles. The zero-order valence-electron chi connectivity index (χ0n) is 18.8. The van der Waals surface area contributed by atoms with Crippen molar-refractivity contribution >= 4 is 11.6 Å². The number of para-hydroxylation sites is 1. The molecule has 0 radical (unpaired) electrons. The first-order chi connectivity index (χ1) is 15.2. The molecule has 2 aromatic carbocycles. The molecule has 1 unspecified atom stereocenters. The first-order valence-corrected chi connectivity index (χ1v) is 11.4. The van der Waals surface area contributed by atoms with Gasteiger partial charge in [-0.3, -0.25) is 9.89 Å². The Labute approximate surface area is 186 Å². The fraction of sp³-hybridized carbons (Fsp3) is 0.480. The molecule has 6 nitrogen and oxygen atoms in total. The Hall–Kier alpha value is -2.57. The Morgan fingerprint density at radius 1 is 1.03 bits per heavy atom. The van der Waals surface area contributed by atoms with Gasteiger partial charge >= 0.3 is 0 Å². The third-order valence-electron chi connectivity index (χ3n) is 6.28. The Bertz CT molecular complexity index is 878. The van der Waals surface area contributed by atoms with Crippen molar-refractivity contribution in [2.75, 3.05) is 51.3 Å². The number of benzene rings is 2. The van der Waals surface area contributed by atoms with E-state index < -0.39 is 0 Å². The highest BCUT2D eigenvalue weighted by molar-refractivity contribution is 5.79. The number of hydrogen-bond acceptors (Lipinski definition) is 4. The summed E-state index contributed by atoms with van der Waals surface area (Å²) in [5.41, 5.74) is 5.51. The number of ether oxygens (including phenoxy) is 1. The van der Waals surface area contributed by atoms with Gasteiger partial charge in [-0.05, 0) is 36.1 Å². The number of nitrogens with one attached hydrogen (secondary N) is 2. The molecule has 2 aliphatic heterocycles. The maximum absolute atomic E-state index is 5.48. The first kappa shape index (κ1) is 21.7. The third-order valence-corrected chi connectivity index (χ3v) is 6.28. The lowest BCUT2D eigenvalue weighted by Gasteiger charge is -2.27. The van der Waals surface area contributed by atoms with Gasteiger partial charge in [-0.2, -0.15) is 0 Å². The largest absolute Gasteiger partial charge is 0.379 e. The van der Waals surface area contributed by atoms with Crippen LogP contribution in [-0.4, -0.2) is 63.3 Å². The van der Waals surface area contributed by atoms with E-state index in [4.69, 9.17) is 4.74 Å². The molecule has 31 heavy (non-hydrogen) atoms. The molecular weight excluding hydrogens is 386 g/mol. The van der Waals surface area contributed by atoms with Crippen LogP contribution in [-0.2, 0) is 24.2 Å². The van der Waals surface area contributed by atoms with Gasteiger partial charge in [-0.15, -0.1) is 0 Å². The van der Waals surface area contributed by atoms with E-state index >= 15 is 0 Å². The summed E-state index contributed by atoms with van der Waals surface area (Å²) in [6.45, 7) is 9.53. The summed E-state index contributed by atoms with van der Waals surface area (Å²) in [7, 11) is 1.84. The van der Waals surface area contributed by atoms with E-state index in [9.17, 15) is 0 Å². The van der Waals surface area contributed by atoms with E-state index in [1.807, 2.05) is 7.05 Å². The van der Waals surface area contributed by atoms with Crippen molar-refractivity contribution in [1.29, 1.82) is 0 Å². The molecular formula is C25H35N5O. The van der Waals surface area contributed by atoms with Crippen molar-refractivity contribution in [3.8, 4) is 0 Å². The molecule has 0 saturated carbocycles. The van der Waals surface area contributed by atoms with Gasteiger partial charge < -0.3 is 20.3 Å². The third kappa shape index (κ3) is 5.57. The molecule has 0 spiro atoms. The standard InChI is InChI=1S/C25H35N5O/c1-20-17-21-7-5-6-10-24(21)30(20)12-11-27-25(26-2)28-18-22-8-3-4-9-23(22)19-29-13-15-31-16-14-29/h3-10,20H,11-19H2,1-2H3,(H2,26,27,28). The summed E-state index contributed by atoms with van der Waals surface area (Å²) in [5.74, 6) is 0.848. The Morgan fingerprint density at radius 2 is 1.77 bits per heavy atom. The molecule has 0 bridgehead atoms. The van der Waals surface area contributed by atoms with E-state index in [0.717, 1.165) is 64.9 Å². The SMILES string of the molecule is CN=C(NCCN1c2ccccc2CC1C)NCc1ccccc1CN1CCOCC1. The first-order valence-electron chi connectivity index (χ1n) is 11.4. The van der Waals surface area contributed by atoms with Crippen molar-refractivity contribution in [3.63, 3.8) is 0 Å². The van der Waals surface area contributed by atoms with Gasteiger partial charge in [0.1, 0.15) is 0 Å². The number of morpholine rings is 1. The van der Waals surface area contributed by atoms with Crippen LogP contribution >= 0.6 is 0 Å². The smallest absolute Gasteiger partial charge is 0.191 e. The van der Waals surface area contributed by atoms with Crippen LogP contribution in [0.4, 0.5) is 5.69 Å². The second-order valence-corrected chi connectivity index (χ2v) is 8.39. The van der Waals surface area contributed by atoms with Crippen molar-refractivity contribution in [2.45, 2.75) is 32.5 Å². The molecule has 4 rings (SSSR count). The summed E-state index contributed by atoms with van der Waals surface area (Å²) >= 11 is 0. The summed E-state index contributed by atoms with van der Waals surface area (Å²) < 4.78 is 5.48. The predicted octanol–water partition coefficient (Wildman–Crippen LogP) is 2.64. The predicted molar refractivity (Wildman–Crippen MR) is 128 cm³/mol. The van der Waals surface area contributed by atoms with Crippen LogP contribution in [0.3, 0.4) is 0 Å². The molecule has 166 valence electrons. The van der Waals surface area contributed by atoms with Gasteiger partial charge in [-0.1, -0.05) is 42.5 Å². The van der Waals surface area contributed by atoms with Gasteiger partial charge in [0.25, 0.3) is 0 Å². The van der Waals surface area contributed by atoms with E-state index in [1.165, 1.54) is 22.4 Å². The minimum absolute atomic E-state index is 0.543. The average Bonchev–Trinajstić information content (AvgIpc) is 3.12. The van der Waals surface area contributed by atoms with Crippen LogP contribution in [0.1, 0.15) is 23.6 Å². The van der Waals surface area contributed by atoms with Gasteiger partial charge in [-0.25, -0.2) is 0 Å². The number of rotatable bonds is 7. The van der Waals surface area contributed by atoms with E-state index in [1.54, 1.807) is 0 Å². The lowest BCUT2D eigenvalue weighted by Crippen LogP contribution is -2.42. The normalized spacial score (nSPS) is 19.4. The maximum atomic E-state index is 5.48. The molecule has 2 N–H and O–H groups in total. The summed E-state index contributed by atoms with van der Waals surface area (Å²) in [4.78, 5) is 9.38. The van der Waals surface area contributed by atoms with E-state index in [-0.39, 0.29) is 0 Å². The van der Waals surface area contributed by atoms with Crippen molar-refractivity contribution in [2.24, 2.45) is 4.99 Å². The zero-order chi connectivity index (χ0) is 21.5. The van der Waals surface area contributed by atoms with Crippen LogP contribution in [0.15, 0.2) is 53.5 Å². The van der Waals surface area contributed by atoms with Crippen molar-refractivity contribution in [3.05, 3.63) is 65.2 Å². The monoisotopic (exact) mass is 421 g/mol. The van der Waals surface area contributed by atoms with Crippen LogP contribution in [0.25, 0.3) is 0 Å². The molecule has 0 aromatic heterocycles. The Balaban J connectivity index is 1.28. The van der Waals surface area contributed by atoms with Gasteiger partial charge in [0.15, 0.2) is 5.96 Å². The number of anilines is 1. The Morgan fingerprint density at radius 3 is 2.58 bits per heavy atom. The molecule has 6 heteroatoms.